The largest absolute Gasteiger partial charge is 0.454 e. The molecule has 0 N–H and O–H groups in total. The van der Waals surface area contributed by atoms with Crippen LogP contribution in [0.25, 0.3) is 11.5 Å². The Morgan fingerprint density at radius 2 is 1.33 bits per heavy atom. The molecule has 5 rings (SSSR count). The summed E-state index contributed by atoms with van der Waals surface area (Å²) in [6.07, 6.45) is -9.24. The molecule has 1 heterocycles. The van der Waals surface area contributed by atoms with Crippen molar-refractivity contribution in [2.24, 2.45) is 0 Å². The van der Waals surface area contributed by atoms with E-state index in [1.165, 1.54) is 12.1 Å². The number of hydrogen-bond acceptors (Lipinski definition) is 6. The summed E-state index contributed by atoms with van der Waals surface area (Å²) in [5, 5.41) is -1.51. The second-order valence-electron chi connectivity index (χ2n) is 10.2. The van der Waals surface area contributed by atoms with Gasteiger partial charge < -0.3 is 9.15 Å². The topological polar surface area (TPSA) is 86.5 Å². The molecule has 4 aromatic carbocycles. The summed E-state index contributed by atoms with van der Waals surface area (Å²) in [4.78, 5) is 17.1. The second-order valence-corrected chi connectivity index (χ2v) is 12.2. The maximum absolute atomic E-state index is 14.2. The number of hydrogen-bond donors (Lipinski definition) is 0. The van der Waals surface area contributed by atoms with Gasteiger partial charge in [-0.2, -0.15) is 26.3 Å². The Bertz CT molecular complexity index is 1930. The van der Waals surface area contributed by atoms with E-state index in [9.17, 15) is 39.6 Å². The molecule has 0 aliphatic carbocycles. The molecule has 0 aliphatic heterocycles. The minimum absolute atomic E-state index is 0.0567. The monoisotopic (exact) mass is 659 g/mol. The lowest BCUT2D eigenvalue weighted by molar-refractivity contribution is -0.138. The molecule has 0 saturated carbocycles. The van der Waals surface area contributed by atoms with Crippen LogP contribution < -0.4 is 0 Å². The van der Waals surface area contributed by atoms with Gasteiger partial charge in [0.25, 0.3) is 0 Å². The molecule has 6 nitrogen and oxygen atoms in total. The molecule has 0 amide bonds. The Morgan fingerprint density at radius 1 is 0.783 bits per heavy atom. The zero-order valence-corrected chi connectivity index (χ0v) is 24.6. The van der Waals surface area contributed by atoms with Crippen LogP contribution in [0.1, 0.15) is 49.3 Å². The van der Waals surface area contributed by atoms with Gasteiger partial charge in [0, 0.05) is 5.56 Å². The van der Waals surface area contributed by atoms with Gasteiger partial charge in [-0.05, 0) is 73.2 Å². The van der Waals surface area contributed by atoms with Crippen molar-refractivity contribution in [3.8, 4) is 11.5 Å². The van der Waals surface area contributed by atoms with Crippen molar-refractivity contribution in [2.75, 3.05) is 0 Å². The highest BCUT2D eigenvalue weighted by molar-refractivity contribution is 7.91. The summed E-state index contributed by atoms with van der Waals surface area (Å²) in [5.41, 5.74) is -1.17. The molecule has 0 bridgehead atoms. The number of carbonyl (C=O) groups is 1. The van der Waals surface area contributed by atoms with Gasteiger partial charge in [0.15, 0.2) is 22.2 Å². The smallest absolute Gasteiger partial charge is 0.416 e. The van der Waals surface area contributed by atoms with E-state index < -0.39 is 51.1 Å². The summed E-state index contributed by atoms with van der Waals surface area (Å²) < 4.78 is 118. The van der Waals surface area contributed by atoms with E-state index in [0.29, 0.717) is 12.1 Å². The molecule has 0 saturated heterocycles. The van der Waals surface area contributed by atoms with E-state index in [-0.39, 0.29) is 38.9 Å². The van der Waals surface area contributed by atoms with Crippen LogP contribution >= 0.6 is 0 Å². The number of rotatable bonds is 8. The van der Waals surface area contributed by atoms with Gasteiger partial charge in [-0.3, -0.25) is 0 Å². The number of aryl methyl sites for hydroxylation is 1. The van der Waals surface area contributed by atoms with Gasteiger partial charge >= 0.3 is 18.3 Å². The summed E-state index contributed by atoms with van der Waals surface area (Å²) in [5.74, 6) is -1.52. The number of carbonyl (C=O) groups excluding carboxylic acids is 1. The van der Waals surface area contributed by atoms with Crippen LogP contribution in [0, 0.1) is 6.92 Å². The molecule has 0 fully saturated rings. The SMILES string of the molecule is Cc1ccc(S(=O)(=O)C(c2ccccc2)c2nc(-c3ccc(C(F)(F)F)cc3)oc2COC(=O)c2ccc(C(F)(F)F)cc2)cc1. The predicted molar refractivity (Wildman–Crippen MR) is 154 cm³/mol. The van der Waals surface area contributed by atoms with Crippen LogP contribution in [0.4, 0.5) is 26.3 Å². The van der Waals surface area contributed by atoms with Gasteiger partial charge in [0.1, 0.15) is 10.9 Å². The first-order chi connectivity index (χ1) is 21.6. The summed E-state index contributed by atoms with van der Waals surface area (Å²) in [7, 11) is -4.27. The molecule has 5 aromatic rings. The molecule has 0 aliphatic rings. The third kappa shape index (κ3) is 6.99. The van der Waals surface area contributed by atoms with E-state index in [0.717, 1.165) is 42.0 Å². The number of nitrogens with zero attached hydrogens (tertiary/aromatic N) is 1. The van der Waals surface area contributed by atoms with Gasteiger partial charge in [0.05, 0.1) is 21.6 Å². The second kappa shape index (κ2) is 12.5. The molecule has 1 aromatic heterocycles. The van der Waals surface area contributed by atoms with Crippen molar-refractivity contribution in [3.05, 3.63) is 142 Å². The molecular formula is C33H23F6NO5S. The molecular weight excluding hydrogens is 636 g/mol. The number of esters is 1. The lowest BCUT2D eigenvalue weighted by Gasteiger charge is -2.18. The fourth-order valence-corrected chi connectivity index (χ4v) is 6.36. The average molecular weight is 660 g/mol. The first kappa shape index (κ1) is 32.5. The van der Waals surface area contributed by atoms with Crippen molar-refractivity contribution < 1.29 is 48.7 Å². The first-order valence-corrected chi connectivity index (χ1v) is 15.1. The maximum Gasteiger partial charge on any atom is 0.416 e. The van der Waals surface area contributed by atoms with Crippen LogP contribution in [-0.2, 0) is 33.5 Å². The Labute approximate surface area is 259 Å². The average Bonchev–Trinajstić information content (AvgIpc) is 3.43. The molecule has 238 valence electrons. The number of oxazole rings is 1. The Kier molecular flexibility index (Phi) is 8.81. The standard InChI is InChI=1S/C33H23F6NO5S/c1-20-7-17-26(18-8-20)46(42,43)29(21-5-3-2-4-6-21)28-27(19-44-31(41)23-11-15-25(16-12-23)33(37,38)39)45-30(40-28)22-9-13-24(14-10-22)32(34,35)36/h2-18,29H,19H2,1H3. The summed E-state index contributed by atoms with van der Waals surface area (Å²) in [6.45, 7) is 1.08. The lowest BCUT2D eigenvalue weighted by Crippen LogP contribution is -2.18. The number of benzene rings is 4. The number of alkyl halides is 6. The van der Waals surface area contributed by atoms with E-state index >= 15 is 0 Å². The zero-order valence-electron chi connectivity index (χ0n) is 23.8. The fraction of sp³-hybridized carbons (Fsp3) is 0.152. The fourth-order valence-electron chi connectivity index (χ4n) is 4.58. The van der Waals surface area contributed by atoms with E-state index in [4.69, 9.17) is 9.15 Å². The Hall–Kier alpha value is -4.91. The first-order valence-electron chi connectivity index (χ1n) is 13.5. The number of sulfone groups is 1. The highest BCUT2D eigenvalue weighted by atomic mass is 32.2. The Balaban J connectivity index is 1.59. The van der Waals surface area contributed by atoms with Gasteiger partial charge in [0.2, 0.25) is 5.89 Å². The third-order valence-corrected chi connectivity index (χ3v) is 9.02. The highest BCUT2D eigenvalue weighted by Crippen LogP contribution is 2.39. The van der Waals surface area contributed by atoms with E-state index in [1.807, 2.05) is 0 Å². The minimum atomic E-state index is -4.62. The molecule has 0 radical (unpaired) electrons. The van der Waals surface area contributed by atoms with Crippen molar-refractivity contribution >= 4 is 15.8 Å². The normalized spacial score (nSPS) is 12.9. The van der Waals surface area contributed by atoms with Crippen molar-refractivity contribution in [1.29, 1.82) is 0 Å². The van der Waals surface area contributed by atoms with Gasteiger partial charge in [-0.25, -0.2) is 18.2 Å². The van der Waals surface area contributed by atoms with E-state index in [2.05, 4.69) is 4.98 Å². The molecule has 1 unspecified atom stereocenters. The van der Waals surface area contributed by atoms with Crippen molar-refractivity contribution in [2.45, 2.75) is 36.0 Å². The number of ether oxygens (including phenoxy) is 1. The molecule has 0 spiro atoms. The van der Waals surface area contributed by atoms with Crippen LogP contribution in [0.3, 0.4) is 0 Å². The quantitative estimate of drug-likeness (QED) is 0.123. The maximum atomic E-state index is 14.2. The van der Waals surface area contributed by atoms with Crippen LogP contribution in [0.5, 0.6) is 0 Å². The van der Waals surface area contributed by atoms with Gasteiger partial charge in [-0.15, -0.1) is 0 Å². The lowest BCUT2D eigenvalue weighted by atomic mass is 10.1. The minimum Gasteiger partial charge on any atom is -0.454 e. The molecule has 46 heavy (non-hydrogen) atoms. The van der Waals surface area contributed by atoms with Gasteiger partial charge in [-0.1, -0.05) is 48.0 Å². The van der Waals surface area contributed by atoms with Crippen molar-refractivity contribution in [1.82, 2.24) is 4.98 Å². The Morgan fingerprint density at radius 3 is 1.87 bits per heavy atom. The summed E-state index contributed by atoms with van der Waals surface area (Å²) in [6, 6.07) is 21.1. The highest BCUT2D eigenvalue weighted by Gasteiger charge is 2.37. The number of halogens is 6. The van der Waals surface area contributed by atoms with Crippen molar-refractivity contribution in [3.63, 3.8) is 0 Å². The zero-order chi connectivity index (χ0) is 33.3. The number of aromatic nitrogens is 1. The third-order valence-electron chi connectivity index (χ3n) is 6.98. The molecule has 13 heteroatoms. The van der Waals surface area contributed by atoms with Crippen LogP contribution in [0.2, 0.25) is 0 Å². The predicted octanol–water partition coefficient (Wildman–Crippen LogP) is 8.61. The molecule has 1 atom stereocenters. The van der Waals surface area contributed by atoms with E-state index in [1.54, 1.807) is 49.4 Å². The van der Waals surface area contributed by atoms with Crippen LogP contribution in [-0.4, -0.2) is 19.4 Å². The summed E-state index contributed by atoms with van der Waals surface area (Å²) >= 11 is 0. The van der Waals surface area contributed by atoms with Crippen LogP contribution in [0.15, 0.2) is 112 Å².